The molecular weight excluding hydrogens is 306 g/mol. The van der Waals surface area contributed by atoms with Gasteiger partial charge in [-0.2, -0.15) is 0 Å². The van der Waals surface area contributed by atoms with Crippen molar-refractivity contribution in [2.75, 3.05) is 6.54 Å². The van der Waals surface area contributed by atoms with Gasteiger partial charge in [0.25, 0.3) is 5.91 Å². The highest BCUT2D eigenvalue weighted by molar-refractivity contribution is 5.92. The Morgan fingerprint density at radius 2 is 1.92 bits per heavy atom. The lowest BCUT2D eigenvalue weighted by atomic mass is 9.87. The Labute approximate surface area is 141 Å². The Bertz CT molecular complexity index is 715. The number of aryl methyl sites for hydroxylation is 1. The van der Waals surface area contributed by atoms with Gasteiger partial charge in [0.05, 0.1) is 17.4 Å². The molecule has 0 N–H and O–H groups in total. The molecule has 128 valence electrons. The summed E-state index contributed by atoms with van der Waals surface area (Å²) in [4.78, 5) is 14.7. The van der Waals surface area contributed by atoms with E-state index in [-0.39, 0.29) is 11.9 Å². The Morgan fingerprint density at radius 1 is 1.08 bits per heavy atom. The molecular formula is C18H23N3O3. The molecule has 4 rings (SSSR count). The summed E-state index contributed by atoms with van der Waals surface area (Å²) in [5, 5.41) is 8.12. The number of carbonyl (C=O) groups is 1. The molecule has 0 aromatic carbocycles. The first-order valence-electron chi connectivity index (χ1n) is 8.93. The van der Waals surface area contributed by atoms with E-state index in [2.05, 4.69) is 10.3 Å². The van der Waals surface area contributed by atoms with Crippen LogP contribution in [0.15, 0.2) is 21.2 Å². The van der Waals surface area contributed by atoms with Gasteiger partial charge in [-0.25, -0.2) is 0 Å². The molecule has 6 heteroatoms. The van der Waals surface area contributed by atoms with E-state index >= 15 is 0 Å². The standard InChI is InChI=1S/C18H23N3O3/c1-12-10-16(23-19-12)15-8-5-9-21(15)18(22)17-11-14(20-24-17)13-6-3-2-4-7-13/h10-11,13,15H,2-9H2,1H3. The molecule has 0 bridgehead atoms. The van der Waals surface area contributed by atoms with E-state index in [0.29, 0.717) is 18.2 Å². The van der Waals surface area contributed by atoms with Gasteiger partial charge in [-0.15, -0.1) is 0 Å². The number of likely N-dealkylation sites (tertiary alicyclic amines) is 1. The minimum atomic E-state index is -0.0962. The Kier molecular flexibility index (Phi) is 4.12. The molecule has 24 heavy (non-hydrogen) atoms. The smallest absolute Gasteiger partial charge is 0.293 e. The van der Waals surface area contributed by atoms with E-state index in [1.165, 1.54) is 19.3 Å². The van der Waals surface area contributed by atoms with Crippen LogP contribution in [0, 0.1) is 6.92 Å². The molecule has 6 nitrogen and oxygen atoms in total. The summed E-state index contributed by atoms with van der Waals surface area (Å²) in [6.07, 6.45) is 7.91. The van der Waals surface area contributed by atoms with Crippen molar-refractivity contribution >= 4 is 5.91 Å². The normalized spacial score (nSPS) is 22.2. The average Bonchev–Trinajstić information content (AvgIpc) is 3.35. The van der Waals surface area contributed by atoms with Gasteiger partial charge in [0, 0.05) is 24.6 Å². The lowest BCUT2D eigenvalue weighted by Crippen LogP contribution is -2.30. The van der Waals surface area contributed by atoms with Crippen molar-refractivity contribution in [2.24, 2.45) is 0 Å². The minimum absolute atomic E-state index is 0.0538. The maximum atomic E-state index is 12.9. The predicted octanol–water partition coefficient (Wildman–Crippen LogP) is 4.00. The third-order valence-electron chi connectivity index (χ3n) is 5.25. The van der Waals surface area contributed by atoms with E-state index in [1.54, 1.807) is 0 Å². The topological polar surface area (TPSA) is 72.4 Å². The second-order valence-corrected chi connectivity index (χ2v) is 6.98. The van der Waals surface area contributed by atoms with Crippen LogP contribution in [0.4, 0.5) is 0 Å². The average molecular weight is 329 g/mol. The molecule has 3 heterocycles. The third kappa shape index (κ3) is 2.85. The van der Waals surface area contributed by atoms with Crippen molar-refractivity contribution < 1.29 is 13.8 Å². The maximum Gasteiger partial charge on any atom is 0.293 e. The number of amides is 1. The molecule has 1 atom stereocenters. The quantitative estimate of drug-likeness (QED) is 0.851. The van der Waals surface area contributed by atoms with Crippen molar-refractivity contribution in [1.82, 2.24) is 15.2 Å². The van der Waals surface area contributed by atoms with Crippen molar-refractivity contribution in [3.8, 4) is 0 Å². The summed E-state index contributed by atoms with van der Waals surface area (Å²) in [7, 11) is 0. The van der Waals surface area contributed by atoms with Crippen LogP contribution in [-0.4, -0.2) is 27.7 Å². The van der Waals surface area contributed by atoms with Crippen molar-refractivity contribution in [1.29, 1.82) is 0 Å². The van der Waals surface area contributed by atoms with Crippen LogP contribution in [0.3, 0.4) is 0 Å². The predicted molar refractivity (Wildman–Crippen MR) is 86.6 cm³/mol. The molecule has 1 saturated carbocycles. The zero-order chi connectivity index (χ0) is 16.5. The molecule has 1 aliphatic heterocycles. The molecule has 2 fully saturated rings. The fourth-order valence-electron chi connectivity index (χ4n) is 3.97. The van der Waals surface area contributed by atoms with Gasteiger partial charge in [-0.05, 0) is 32.6 Å². The molecule has 1 unspecified atom stereocenters. The van der Waals surface area contributed by atoms with Crippen LogP contribution in [-0.2, 0) is 0 Å². The summed E-state index contributed by atoms with van der Waals surface area (Å²) >= 11 is 0. The SMILES string of the molecule is Cc1cc(C2CCCN2C(=O)c2cc(C3CCCCC3)no2)on1. The van der Waals surface area contributed by atoms with E-state index in [1.807, 2.05) is 24.0 Å². The first kappa shape index (κ1) is 15.4. The van der Waals surface area contributed by atoms with E-state index < -0.39 is 0 Å². The van der Waals surface area contributed by atoms with Gasteiger partial charge in [-0.3, -0.25) is 4.79 Å². The van der Waals surface area contributed by atoms with E-state index in [9.17, 15) is 4.79 Å². The molecule has 2 aromatic heterocycles. The van der Waals surface area contributed by atoms with Crippen molar-refractivity contribution in [3.63, 3.8) is 0 Å². The van der Waals surface area contributed by atoms with E-state index in [0.717, 1.165) is 42.8 Å². The third-order valence-corrected chi connectivity index (χ3v) is 5.25. The van der Waals surface area contributed by atoms with Gasteiger partial charge in [0.1, 0.15) is 0 Å². The Balaban J connectivity index is 1.51. The van der Waals surface area contributed by atoms with Gasteiger partial charge in [0.15, 0.2) is 5.76 Å². The van der Waals surface area contributed by atoms with Gasteiger partial charge < -0.3 is 13.9 Å². The molecule has 1 aliphatic carbocycles. The van der Waals surface area contributed by atoms with Crippen LogP contribution in [0.1, 0.15) is 84.6 Å². The fraction of sp³-hybridized carbons (Fsp3) is 0.611. The number of nitrogens with zero attached hydrogens (tertiary/aromatic N) is 3. The molecule has 1 saturated heterocycles. The minimum Gasteiger partial charge on any atom is -0.359 e. The summed E-state index contributed by atoms with van der Waals surface area (Å²) in [6.45, 7) is 2.60. The van der Waals surface area contributed by atoms with Crippen molar-refractivity contribution in [2.45, 2.75) is 63.8 Å². The van der Waals surface area contributed by atoms with Crippen LogP contribution >= 0.6 is 0 Å². The zero-order valence-electron chi connectivity index (χ0n) is 14.0. The van der Waals surface area contributed by atoms with Crippen molar-refractivity contribution in [3.05, 3.63) is 35.0 Å². The largest absolute Gasteiger partial charge is 0.359 e. The molecule has 1 amide bonds. The lowest BCUT2D eigenvalue weighted by molar-refractivity contribution is 0.0672. The highest BCUT2D eigenvalue weighted by Crippen LogP contribution is 2.35. The number of hydrogen-bond donors (Lipinski definition) is 0. The number of rotatable bonds is 3. The highest BCUT2D eigenvalue weighted by Gasteiger charge is 2.35. The lowest BCUT2D eigenvalue weighted by Gasteiger charge is -2.21. The van der Waals surface area contributed by atoms with Crippen LogP contribution in [0.2, 0.25) is 0 Å². The van der Waals surface area contributed by atoms with Gasteiger partial charge in [0.2, 0.25) is 5.76 Å². The fourth-order valence-corrected chi connectivity index (χ4v) is 3.97. The van der Waals surface area contributed by atoms with Gasteiger partial charge in [-0.1, -0.05) is 29.6 Å². The Morgan fingerprint density at radius 3 is 2.67 bits per heavy atom. The number of hydrogen-bond acceptors (Lipinski definition) is 5. The summed E-state index contributed by atoms with van der Waals surface area (Å²) in [6, 6.07) is 3.70. The zero-order valence-corrected chi connectivity index (χ0v) is 14.0. The number of carbonyl (C=O) groups excluding carboxylic acids is 1. The Hall–Kier alpha value is -2.11. The molecule has 2 aliphatic rings. The molecule has 0 radical (unpaired) electrons. The number of aromatic nitrogens is 2. The maximum absolute atomic E-state index is 12.9. The van der Waals surface area contributed by atoms with E-state index in [4.69, 9.17) is 9.05 Å². The first-order valence-corrected chi connectivity index (χ1v) is 8.93. The molecule has 0 spiro atoms. The summed E-state index contributed by atoms with van der Waals surface area (Å²) < 4.78 is 10.8. The van der Waals surface area contributed by atoms with Crippen LogP contribution < -0.4 is 0 Å². The molecule has 2 aromatic rings. The van der Waals surface area contributed by atoms with Crippen LogP contribution in [0.25, 0.3) is 0 Å². The first-order chi connectivity index (χ1) is 11.7. The van der Waals surface area contributed by atoms with Crippen LogP contribution in [0.5, 0.6) is 0 Å². The monoisotopic (exact) mass is 329 g/mol. The second-order valence-electron chi connectivity index (χ2n) is 6.98. The van der Waals surface area contributed by atoms with Gasteiger partial charge >= 0.3 is 0 Å². The highest BCUT2D eigenvalue weighted by atomic mass is 16.5. The second kappa shape index (κ2) is 6.42. The summed E-state index contributed by atoms with van der Waals surface area (Å²) in [5.41, 5.74) is 1.77. The summed E-state index contributed by atoms with van der Waals surface area (Å²) in [5.74, 6) is 1.44.